The molecule has 0 spiro atoms. The summed E-state index contributed by atoms with van der Waals surface area (Å²) in [5, 5.41) is 8.83. The molecule has 1 aromatic carbocycles. The minimum absolute atomic E-state index is 0.165. The SMILES string of the molecule is CCc1ncnc(Sc2nnc(-c3ccc(Cl)cc3)o2)c1F. The molecule has 0 aliphatic heterocycles. The first-order valence-corrected chi connectivity index (χ1v) is 7.63. The molecule has 5 nitrogen and oxygen atoms in total. The lowest BCUT2D eigenvalue weighted by molar-refractivity contribution is 0.464. The van der Waals surface area contributed by atoms with Gasteiger partial charge in [0, 0.05) is 10.6 Å². The van der Waals surface area contributed by atoms with E-state index >= 15 is 0 Å². The fraction of sp³-hybridized carbons (Fsp3) is 0.143. The number of hydrogen-bond donors (Lipinski definition) is 0. The van der Waals surface area contributed by atoms with Gasteiger partial charge in [-0.05, 0) is 42.4 Å². The highest BCUT2D eigenvalue weighted by molar-refractivity contribution is 7.99. The minimum Gasteiger partial charge on any atom is -0.411 e. The Kier molecular flexibility index (Phi) is 4.35. The first-order chi connectivity index (χ1) is 10.7. The Hall–Kier alpha value is -1.99. The molecule has 3 rings (SSSR count). The van der Waals surface area contributed by atoms with Gasteiger partial charge in [-0.15, -0.1) is 10.2 Å². The summed E-state index contributed by atoms with van der Waals surface area (Å²) in [5.41, 5.74) is 1.09. The number of rotatable bonds is 4. The van der Waals surface area contributed by atoms with Gasteiger partial charge in [-0.1, -0.05) is 18.5 Å². The Bertz CT molecular complexity index is 794. The number of hydrogen-bond acceptors (Lipinski definition) is 6. The van der Waals surface area contributed by atoms with Gasteiger partial charge >= 0.3 is 0 Å². The Morgan fingerprint density at radius 1 is 1.18 bits per heavy atom. The van der Waals surface area contributed by atoms with Crippen molar-refractivity contribution < 1.29 is 8.81 Å². The van der Waals surface area contributed by atoms with Crippen LogP contribution in [0.4, 0.5) is 4.39 Å². The van der Waals surface area contributed by atoms with Gasteiger partial charge in [0.25, 0.3) is 5.22 Å². The second-order valence-electron chi connectivity index (χ2n) is 4.28. The molecule has 2 heterocycles. The molecule has 0 bridgehead atoms. The van der Waals surface area contributed by atoms with E-state index in [1.165, 1.54) is 6.33 Å². The molecule has 0 saturated carbocycles. The molecule has 0 aliphatic rings. The van der Waals surface area contributed by atoms with Gasteiger partial charge in [-0.2, -0.15) is 0 Å². The molecule has 0 atom stereocenters. The predicted octanol–water partition coefficient (Wildman–Crippen LogP) is 4.03. The summed E-state index contributed by atoms with van der Waals surface area (Å²) in [6, 6.07) is 6.99. The average molecular weight is 337 g/mol. The van der Waals surface area contributed by atoms with Crippen molar-refractivity contribution in [3.63, 3.8) is 0 Å². The smallest absolute Gasteiger partial charge is 0.283 e. The highest BCUT2D eigenvalue weighted by Crippen LogP contribution is 2.30. The zero-order chi connectivity index (χ0) is 15.5. The van der Waals surface area contributed by atoms with Crippen molar-refractivity contribution in [2.45, 2.75) is 23.6 Å². The standard InChI is InChI=1S/C14H10ClFN4OS/c1-2-10-11(16)13(18-7-17-10)22-14-20-19-12(21-14)8-3-5-9(15)6-4-8/h3-7H,2H2,1H3. The van der Waals surface area contributed by atoms with Crippen LogP contribution in [0.2, 0.25) is 5.02 Å². The Balaban J connectivity index is 1.84. The molecule has 22 heavy (non-hydrogen) atoms. The van der Waals surface area contributed by atoms with Crippen molar-refractivity contribution in [3.05, 3.63) is 47.1 Å². The van der Waals surface area contributed by atoms with E-state index in [1.807, 2.05) is 6.92 Å². The number of aromatic nitrogens is 4. The van der Waals surface area contributed by atoms with E-state index in [1.54, 1.807) is 24.3 Å². The zero-order valence-electron chi connectivity index (χ0n) is 11.5. The van der Waals surface area contributed by atoms with Gasteiger partial charge in [0.05, 0.1) is 5.69 Å². The van der Waals surface area contributed by atoms with Crippen LogP contribution >= 0.6 is 23.4 Å². The number of nitrogens with zero attached hydrogens (tertiary/aromatic N) is 4. The molecular formula is C14H10ClFN4OS. The zero-order valence-corrected chi connectivity index (χ0v) is 13.0. The molecule has 2 aromatic heterocycles. The second kappa shape index (κ2) is 6.41. The van der Waals surface area contributed by atoms with Crippen LogP contribution in [-0.4, -0.2) is 20.2 Å². The maximum atomic E-state index is 14.1. The molecule has 0 unspecified atom stereocenters. The maximum Gasteiger partial charge on any atom is 0.283 e. The van der Waals surface area contributed by atoms with Crippen LogP contribution in [0.1, 0.15) is 12.6 Å². The third kappa shape index (κ3) is 3.10. The summed E-state index contributed by atoms with van der Waals surface area (Å²) in [5.74, 6) is -0.120. The van der Waals surface area contributed by atoms with Crippen LogP contribution in [-0.2, 0) is 6.42 Å². The highest BCUT2D eigenvalue weighted by atomic mass is 35.5. The van der Waals surface area contributed by atoms with E-state index in [0.29, 0.717) is 23.0 Å². The lowest BCUT2D eigenvalue weighted by Gasteiger charge is -2.01. The third-order valence-electron chi connectivity index (χ3n) is 2.85. The van der Waals surface area contributed by atoms with Crippen LogP contribution < -0.4 is 0 Å². The first kappa shape index (κ1) is 14.9. The van der Waals surface area contributed by atoms with Crippen LogP contribution in [0.5, 0.6) is 0 Å². The topological polar surface area (TPSA) is 64.7 Å². The molecule has 0 N–H and O–H groups in total. The van der Waals surface area contributed by atoms with Crippen molar-refractivity contribution in [1.29, 1.82) is 0 Å². The average Bonchev–Trinajstić information content (AvgIpc) is 2.99. The lowest BCUT2D eigenvalue weighted by atomic mass is 10.2. The van der Waals surface area contributed by atoms with Gasteiger partial charge in [0.15, 0.2) is 5.82 Å². The summed E-state index contributed by atoms with van der Waals surface area (Å²) < 4.78 is 19.6. The summed E-state index contributed by atoms with van der Waals surface area (Å²) >= 11 is 6.80. The Morgan fingerprint density at radius 3 is 2.68 bits per heavy atom. The minimum atomic E-state index is -0.457. The van der Waals surface area contributed by atoms with Crippen molar-refractivity contribution in [2.24, 2.45) is 0 Å². The number of aryl methyl sites for hydroxylation is 1. The van der Waals surface area contributed by atoms with Crippen molar-refractivity contribution in [3.8, 4) is 11.5 Å². The van der Waals surface area contributed by atoms with E-state index in [9.17, 15) is 4.39 Å². The van der Waals surface area contributed by atoms with Gasteiger partial charge in [0.2, 0.25) is 5.89 Å². The molecule has 8 heteroatoms. The summed E-state index contributed by atoms with van der Waals surface area (Å²) in [6.07, 6.45) is 1.81. The second-order valence-corrected chi connectivity index (χ2v) is 5.65. The number of benzene rings is 1. The largest absolute Gasteiger partial charge is 0.411 e. The van der Waals surface area contributed by atoms with Gasteiger partial charge in [-0.25, -0.2) is 14.4 Å². The van der Waals surface area contributed by atoms with E-state index in [0.717, 1.165) is 17.3 Å². The summed E-state index contributed by atoms with van der Waals surface area (Å²) in [7, 11) is 0. The van der Waals surface area contributed by atoms with Gasteiger partial charge in [-0.3, -0.25) is 0 Å². The normalized spacial score (nSPS) is 10.9. The Labute approximate surface area is 135 Å². The van der Waals surface area contributed by atoms with Gasteiger partial charge in [0.1, 0.15) is 11.4 Å². The molecule has 0 aliphatic carbocycles. The van der Waals surface area contributed by atoms with Crippen LogP contribution in [0, 0.1) is 5.82 Å². The molecule has 3 aromatic rings. The lowest BCUT2D eigenvalue weighted by Crippen LogP contribution is -1.97. The molecule has 0 fully saturated rings. The summed E-state index contributed by atoms with van der Waals surface area (Å²) in [4.78, 5) is 7.79. The van der Waals surface area contributed by atoms with Crippen LogP contribution in [0.3, 0.4) is 0 Å². The van der Waals surface area contributed by atoms with Crippen molar-refractivity contribution in [2.75, 3.05) is 0 Å². The van der Waals surface area contributed by atoms with Crippen molar-refractivity contribution in [1.82, 2.24) is 20.2 Å². The Morgan fingerprint density at radius 2 is 1.95 bits per heavy atom. The molecule has 0 amide bonds. The molecule has 0 radical (unpaired) electrons. The van der Waals surface area contributed by atoms with E-state index < -0.39 is 5.82 Å². The fourth-order valence-electron chi connectivity index (χ4n) is 1.75. The van der Waals surface area contributed by atoms with Crippen LogP contribution in [0.25, 0.3) is 11.5 Å². The fourth-order valence-corrected chi connectivity index (χ4v) is 2.55. The van der Waals surface area contributed by atoms with E-state index in [2.05, 4.69) is 20.2 Å². The van der Waals surface area contributed by atoms with E-state index in [-0.39, 0.29) is 10.2 Å². The molecule has 0 saturated heterocycles. The quantitative estimate of drug-likeness (QED) is 0.670. The molecular weight excluding hydrogens is 327 g/mol. The monoisotopic (exact) mass is 336 g/mol. The maximum absolute atomic E-state index is 14.1. The van der Waals surface area contributed by atoms with Crippen molar-refractivity contribution >= 4 is 23.4 Å². The molecule has 112 valence electrons. The first-order valence-electron chi connectivity index (χ1n) is 6.44. The summed E-state index contributed by atoms with van der Waals surface area (Å²) in [6.45, 7) is 1.82. The van der Waals surface area contributed by atoms with Gasteiger partial charge < -0.3 is 4.42 Å². The predicted molar refractivity (Wildman–Crippen MR) is 80.2 cm³/mol. The van der Waals surface area contributed by atoms with E-state index in [4.69, 9.17) is 16.0 Å². The highest BCUT2D eigenvalue weighted by Gasteiger charge is 2.15. The van der Waals surface area contributed by atoms with Crippen LogP contribution in [0.15, 0.2) is 45.3 Å². The third-order valence-corrected chi connectivity index (χ3v) is 3.92. The number of halogens is 2.